The zero-order valence-corrected chi connectivity index (χ0v) is 53.9. The van der Waals surface area contributed by atoms with Gasteiger partial charge in [0, 0.05) is 76.5 Å². The maximum absolute atomic E-state index is 7.98. The first-order valence-corrected chi connectivity index (χ1v) is 38.3. The molecule has 0 N–H and O–H groups in total. The normalized spacial score (nSPS) is 15.5. The van der Waals surface area contributed by atoms with Crippen molar-refractivity contribution in [1.29, 1.82) is 0 Å². The van der Waals surface area contributed by atoms with Crippen LogP contribution in [0.25, 0.3) is 0 Å². The molecule has 0 fully saturated rings. The Kier molecular flexibility index (Phi) is 41.9. The van der Waals surface area contributed by atoms with E-state index in [1.807, 2.05) is 48.5 Å². The van der Waals surface area contributed by atoms with Gasteiger partial charge < -0.3 is 71.9 Å². The topological polar surface area (TPSA) is 118 Å². The molecule has 2 atom stereocenters. The second-order valence-electron chi connectivity index (χ2n) is 17.5. The molecule has 0 saturated carbocycles. The van der Waals surface area contributed by atoms with E-state index < -0.39 is 44.0 Å². The van der Waals surface area contributed by atoms with Gasteiger partial charge in [0.15, 0.2) is 0 Å². The maximum Gasteiger partial charge on any atom is 0.493 e. The smallest absolute Gasteiger partial charge is 0.375 e. The summed E-state index contributed by atoms with van der Waals surface area (Å²) in [5, 5.41) is 0. The SMILES string of the molecule is CCO[Si](CCCN(CC)CC)(OCC)O[Si](CCCN(CC)CC)(OCC)O[Si](CCCN(CC)CC)(OCC)O[Si](CCCN(CC)CC)(OCC)O[Si](CCCN(CC)CC)(OCC)OCC. The van der Waals surface area contributed by atoms with Gasteiger partial charge in [0.1, 0.15) is 0 Å². The van der Waals surface area contributed by atoms with Crippen molar-refractivity contribution in [3.63, 3.8) is 0 Å². The van der Waals surface area contributed by atoms with Gasteiger partial charge in [0.2, 0.25) is 0 Å². The van der Waals surface area contributed by atoms with Crippen LogP contribution in [0.5, 0.6) is 0 Å². The van der Waals surface area contributed by atoms with Crippen LogP contribution in [0, 0.1) is 0 Å². The minimum Gasteiger partial charge on any atom is -0.375 e. The van der Waals surface area contributed by atoms with Crippen LogP contribution in [-0.2, 0) is 47.4 Å². The van der Waals surface area contributed by atoms with Crippen LogP contribution in [0.4, 0.5) is 0 Å². The molecule has 0 aliphatic heterocycles. The molecule has 0 aromatic heterocycles. The first-order valence-electron chi connectivity index (χ1n) is 28.6. The average molecular weight is 1090 g/mol. The third kappa shape index (κ3) is 27.0. The first kappa shape index (κ1) is 70.4. The Balaban J connectivity index is 8.58. The summed E-state index contributed by atoms with van der Waals surface area (Å²) in [4.78, 5) is 12.2. The lowest BCUT2D eigenvalue weighted by molar-refractivity contribution is 0.0299. The van der Waals surface area contributed by atoms with Gasteiger partial charge in [-0.25, -0.2) is 0 Å². The highest BCUT2D eigenvalue weighted by atomic mass is 28.5. The van der Waals surface area contributed by atoms with Gasteiger partial charge in [-0.3, -0.25) is 0 Å². The van der Waals surface area contributed by atoms with Crippen molar-refractivity contribution < 1.29 is 47.4 Å². The summed E-state index contributed by atoms with van der Waals surface area (Å²) >= 11 is 0. The molecule has 0 aromatic rings. The minimum atomic E-state index is -3.96. The summed E-state index contributed by atoms with van der Waals surface area (Å²) in [6.45, 7) is 53.2. The van der Waals surface area contributed by atoms with Crippen LogP contribution in [0.3, 0.4) is 0 Å². The van der Waals surface area contributed by atoms with Crippen LogP contribution in [-0.4, -0.2) is 213 Å². The minimum absolute atomic E-state index is 0.357. The van der Waals surface area contributed by atoms with Crippen LogP contribution in [0.15, 0.2) is 0 Å². The Bertz CT molecular complexity index is 1120. The maximum atomic E-state index is 7.98. The molecular weight excluding hydrogens is 975 g/mol. The Labute approximate surface area is 438 Å². The molecule has 2 unspecified atom stereocenters. The molecule has 0 aliphatic rings. The quantitative estimate of drug-likeness (QED) is 0.0538. The van der Waals surface area contributed by atoms with E-state index in [1.165, 1.54) is 0 Å². The fourth-order valence-electron chi connectivity index (χ4n) is 9.14. The average Bonchev–Trinajstić information content (AvgIpc) is 3.34. The van der Waals surface area contributed by atoms with E-state index in [-0.39, 0.29) is 0 Å². The van der Waals surface area contributed by atoms with Crippen molar-refractivity contribution in [2.45, 2.75) is 180 Å². The van der Waals surface area contributed by atoms with Gasteiger partial charge in [-0.1, -0.05) is 69.2 Å². The van der Waals surface area contributed by atoms with Crippen molar-refractivity contribution in [1.82, 2.24) is 24.5 Å². The largest absolute Gasteiger partial charge is 0.493 e. The van der Waals surface area contributed by atoms with E-state index in [4.69, 9.17) is 47.4 Å². The highest BCUT2D eigenvalue weighted by Crippen LogP contribution is 2.38. The fourth-order valence-corrected chi connectivity index (χ4v) is 31.2. The molecular formula is C49H115N5O11Si5. The van der Waals surface area contributed by atoms with E-state index in [1.54, 1.807) is 0 Å². The Morgan fingerprint density at radius 1 is 0.214 bits per heavy atom. The molecule has 16 nitrogen and oxygen atoms in total. The molecule has 0 saturated heterocycles. The van der Waals surface area contributed by atoms with Crippen molar-refractivity contribution in [2.75, 3.05) is 144 Å². The molecule has 0 radical (unpaired) electrons. The summed E-state index contributed by atoms with van der Waals surface area (Å²) < 4.78 is 80.2. The molecule has 0 aliphatic carbocycles. The van der Waals surface area contributed by atoms with E-state index >= 15 is 0 Å². The molecule has 0 rings (SSSR count). The first-order chi connectivity index (χ1) is 33.7. The highest BCUT2D eigenvalue weighted by Gasteiger charge is 2.64. The molecule has 0 heterocycles. The third-order valence-electron chi connectivity index (χ3n) is 13.1. The van der Waals surface area contributed by atoms with E-state index in [9.17, 15) is 0 Å². The van der Waals surface area contributed by atoms with Crippen LogP contribution < -0.4 is 0 Å². The summed E-state index contributed by atoms with van der Waals surface area (Å²) in [5.74, 6) is 0. The van der Waals surface area contributed by atoms with Crippen molar-refractivity contribution in [3.8, 4) is 0 Å². The third-order valence-corrected chi connectivity index (χ3v) is 32.9. The van der Waals surface area contributed by atoms with Gasteiger partial charge in [-0.05, 0) is 179 Å². The molecule has 70 heavy (non-hydrogen) atoms. The molecule has 0 aromatic carbocycles. The number of rotatable bonds is 52. The van der Waals surface area contributed by atoms with Crippen molar-refractivity contribution in [2.24, 2.45) is 0 Å². The number of hydrogen-bond donors (Lipinski definition) is 0. The highest BCUT2D eigenvalue weighted by molar-refractivity contribution is 6.85. The van der Waals surface area contributed by atoms with E-state index in [2.05, 4.69) is 93.7 Å². The summed E-state index contributed by atoms with van der Waals surface area (Å²) in [7, 11) is -18.6. The monoisotopic (exact) mass is 1090 g/mol. The lowest BCUT2D eigenvalue weighted by Gasteiger charge is -2.46. The van der Waals surface area contributed by atoms with Crippen LogP contribution in [0.1, 0.15) is 150 Å². The lowest BCUT2D eigenvalue weighted by atomic mass is 10.4. The molecule has 21 heteroatoms. The summed E-state index contributed by atoms with van der Waals surface area (Å²) in [6, 6.07) is 2.86. The van der Waals surface area contributed by atoms with Crippen LogP contribution in [0.2, 0.25) is 30.2 Å². The van der Waals surface area contributed by atoms with Gasteiger partial charge in [0.05, 0.1) is 0 Å². The molecule has 422 valence electrons. The Morgan fingerprint density at radius 2 is 0.357 bits per heavy atom. The van der Waals surface area contributed by atoms with Gasteiger partial charge in [0.25, 0.3) is 0 Å². The van der Waals surface area contributed by atoms with E-state index in [0.29, 0.717) is 76.5 Å². The summed E-state index contributed by atoms with van der Waals surface area (Å²) in [6.07, 6.45) is 4.06. The Hall–Kier alpha value is 0.444. The molecule has 0 bridgehead atoms. The summed E-state index contributed by atoms with van der Waals surface area (Å²) in [5.41, 5.74) is 0. The predicted molar refractivity (Wildman–Crippen MR) is 301 cm³/mol. The van der Waals surface area contributed by atoms with E-state index in [0.717, 1.165) is 130 Å². The standard InChI is InChI=1S/C49H115N5O11Si5/c1-18-50(19-2)40-35-45-66(55-28-11,56-29-12)62-68(59-32-15,47-37-42-52(22-5)23-6)64-70(61-34-17,49-39-44-54(26-9)27-10)65-69(60-33-16,48-38-43-53(24-7)25-8)63-67(57-30-13,58-31-14)46-36-41-51(20-3)21-4/h18-49H2,1-17H3. The molecule has 0 spiro atoms. The Morgan fingerprint density at radius 3 is 0.514 bits per heavy atom. The zero-order chi connectivity index (χ0) is 52.8. The number of hydrogen-bond acceptors (Lipinski definition) is 16. The van der Waals surface area contributed by atoms with Gasteiger partial charge in [-0.15, -0.1) is 0 Å². The van der Waals surface area contributed by atoms with Crippen molar-refractivity contribution >= 4 is 44.0 Å². The second kappa shape index (κ2) is 41.6. The fraction of sp³-hybridized carbons (Fsp3) is 1.00. The van der Waals surface area contributed by atoms with Gasteiger partial charge >= 0.3 is 44.0 Å². The number of nitrogens with zero attached hydrogens (tertiary/aromatic N) is 5. The van der Waals surface area contributed by atoms with Crippen molar-refractivity contribution in [3.05, 3.63) is 0 Å². The second-order valence-corrected chi connectivity index (χ2v) is 32.1. The van der Waals surface area contributed by atoms with Crippen LogP contribution >= 0.6 is 0 Å². The predicted octanol–water partition coefficient (Wildman–Crippen LogP) is 9.66. The lowest BCUT2D eigenvalue weighted by Crippen LogP contribution is -2.69. The van der Waals surface area contributed by atoms with Gasteiger partial charge in [-0.2, -0.15) is 0 Å². The molecule has 0 amide bonds. The zero-order valence-electron chi connectivity index (χ0n) is 48.9.